The van der Waals surface area contributed by atoms with E-state index in [9.17, 15) is 24.8 Å². The minimum absolute atomic E-state index is 0.0177. The maximum Gasteiger partial charge on any atom is 0.270 e. The van der Waals surface area contributed by atoms with Crippen LogP contribution in [-0.2, 0) is 11.3 Å². The third-order valence-electron chi connectivity index (χ3n) is 3.61. The van der Waals surface area contributed by atoms with Crippen LogP contribution in [0.1, 0.15) is 26.3 Å². The van der Waals surface area contributed by atoms with Crippen LogP contribution >= 0.6 is 0 Å². The van der Waals surface area contributed by atoms with E-state index in [0.717, 1.165) is 0 Å². The van der Waals surface area contributed by atoms with E-state index in [-0.39, 0.29) is 28.1 Å². The smallest absolute Gasteiger partial charge is 0.270 e. The van der Waals surface area contributed by atoms with Crippen LogP contribution in [0.15, 0.2) is 34.8 Å². The van der Waals surface area contributed by atoms with Crippen molar-refractivity contribution in [2.24, 2.45) is 0 Å². The number of nitro groups is 1. The number of aliphatic hydroxyl groups is 1. The number of benzene rings is 1. The first-order valence-corrected chi connectivity index (χ1v) is 7.01. The predicted molar refractivity (Wildman–Crippen MR) is 86.4 cm³/mol. The molecule has 0 radical (unpaired) electrons. The maximum absolute atomic E-state index is 12.3. The number of aryl methyl sites for hydroxylation is 1. The van der Waals surface area contributed by atoms with Gasteiger partial charge in [0.2, 0.25) is 0 Å². The molecule has 0 fully saturated rings. The number of nitrogens with zero attached hydrogens (tertiary/aromatic N) is 2. The number of carbonyl (C=O) groups is 1. The van der Waals surface area contributed by atoms with Crippen molar-refractivity contribution < 1.29 is 14.8 Å². The molecule has 120 valence electrons. The number of aliphatic hydroxyl groups excluding tert-OH is 1. The van der Waals surface area contributed by atoms with Gasteiger partial charge in [0.1, 0.15) is 5.76 Å². The number of fused-ring (bicyclic) bond motifs is 1. The average molecular weight is 316 g/mol. The molecular formula is C16H16N2O5. The zero-order valence-electron chi connectivity index (χ0n) is 13.0. The van der Waals surface area contributed by atoms with E-state index in [0.29, 0.717) is 17.4 Å². The summed E-state index contributed by atoms with van der Waals surface area (Å²) in [5.74, 6) is -0.662. The Kier molecular flexibility index (Phi) is 4.31. The standard InChI is InChI=1S/C16H16N2O5/c1-4-17-14-6-5-11(18(22)23)7-12(14)13(8-15(17)21)16(9(2)19)10(3)20/h5-8,19H,4H2,1-3H3/b16-9+. The molecule has 0 amide bonds. The van der Waals surface area contributed by atoms with Crippen LogP contribution in [0.4, 0.5) is 5.69 Å². The van der Waals surface area contributed by atoms with Crippen LogP contribution in [0.2, 0.25) is 0 Å². The van der Waals surface area contributed by atoms with Gasteiger partial charge < -0.3 is 9.67 Å². The van der Waals surface area contributed by atoms with E-state index in [4.69, 9.17) is 0 Å². The van der Waals surface area contributed by atoms with Crippen molar-refractivity contribution in [2.45, 2.75) is 27.3 Å². The van der Waals surface area contributed by atoms with Crippen LogP contribution in [-0.4, -0.2) is 20.4 Å². The normalized spacial score (nSPS) is 12.1. The van der Waals surface area contributed by atoms with Crippen LogP contribution in [0, 0.1) is 10.1 Å². The van der Waals surface area contributed by atoms with Gasteiger partial charge in [-0.1, -0.05) is 0 Å². The molecule has 0 saturated carbocycles. The van der Waals surface area contributed by atoms with Gasteiger partial charge in [-0.05, 0) is 26.8 Å². The fraction of sp³-hybridized carbons (Fsp3) is 0.250. The Labute approximate surface area is 131 Å². The second-order valence-electron chi connectivity index (χ2n) is 5.12. The second kappa shape index (κ2) is 6.04. The Bertz CT molecular complexity index is 905. The molecule has 0 spiro atoms. The maximum atomic E-state index is 12.3. The SMILES string of the molecule is CCn1c(=O)cc(/C(C(C)=O)=C(\C)O)c2cc([N+](=O)[O-])ccc21. The quantitative estimate of drug-likeness (QED) is 0.404. The predicted octanol–water partition coefficient (Wildman–Crippen LogP) is 2.81. The Hall–Kier alpha value is -2.96. The lowest BCUT2D eigenvalue weighted by Gasteiger charge is -2.13. The van der Waals surface area contributed by atoms with Crippen molar-refractivity contribution in [1.29, 1.82) is 0 Å². The highest BCUT2D eigenvalue weighted by atomic mass is 16.6. The van der Waals surface area contributed by atoms with Gasteiger partial charge in [0.25, 0.3) is 11.2 Å². The number of nitro benzene ring substituents is 1. The zero-order chi connectivity index (χ0) is 17.3. The molecule has 2 aromatic rings. The average Bonchev–Trinajstić information content (AvgIpc) is 2.46. The van der Waals surface area contributed by atoms with E-state index in [1.54, 1.807) is 6.92 Å². The van der Waals surface area contributed by atoms with Gasteiger partial charge in [-0.2, -0.15) is 0 Å². The molecule has 1 N–H and O–H groups in total. The van der Waals surface area contributed by atoms with Crippen molar-refractivity contribution in [3.8, 4) is 0 Å². The van der Waals surface area contributed by atoms with Crippen LogP contribution in [0.5, 0.6) is 0 Å². The van der Waals surface area contributed by atoms with E-state index < -0.39 is 10.7 Å². The number of ketones is 1. The molecule has 1 heterocycles. The summed E-state index contributed by atoms with van der Waals surface area (Å²) in [5, 5.41) is 21.2. The number of carbonyl (C=O) groups excluding carboxylic acids is 1. The summed E-state index contributed by atoms with van der Waals surface area (Å²) in [5.41, 5.74) is 0.157. The summed E-state index contributed by atoms with van der Waals surface area (Å²) in [6.07, 6.45) is 0. The number of Topliss-reactive ketones (excluding diaryl/α,β-unsaturated/α-hetero) is 1. The number of hydrogen-bond acceptors (Lipinski definition) is 5. The van der Waals surface area contributed by atoms with Crippen molar-refractivity contribution in [1.82, 2.24) is 4.57 Å². The summed E-state index contributed by atoms with van der Waals surface area (Å²) < 4.78 is 1.45. The second-order valence-corrected chi connectivity index (χ2v) is 5.12. The summed E-state index contributed by atoms with van der Waals surface area (Å²) in [7, 11) is 0. The largest absolute Gasteiger partial charge is 0.512 e. The number of allylic oxidation sites excluding steroid dienone is 2. The summed E-state index contributed by atoms with van der Waals surface area (Å²) >= 11 is 0. The van der Waals surface area contributed by atoms with Gasteiger partial charge in [-0.3, -0.25) is 19.7 Å². The van der Waals surface area contributed by atoms with E-state index in [1.165, 1.54) is 42.7 Å². The molecule has 0 saturated heterocycles. The topological polar surface area (TPSA) is 102 Å². The number of rotatable bonds is 4. The highest BCUT2D eigenvalue weighted by Crippen LogP contribution is 2.29. The lowest BCUT2D eigenvalue weighted by atomic mass is 9.97. The van der Waals surface area contributed by atoms with Crippen molar-refractivity contribution >= 4 is 27.9 Å². The van der Waals surface area contributed by atoms with Crippen LogP contribution in [0.3, 0.4) is 0 Å². The van der Waals surface area contributed by atoms with E-state index in [2.05, 4.69) is 0 Å². The molecule has 0 bridgehead atoms. The number of aromatic nitrogens is 1. The number of hydrogen-bond donors (Lipinski definition) is 1. The third kappa shape index (κ3) is 2.85. The summed E-state index contributed by atoms with van der Waals surface area (Å²) in [4.78, 5) is 34.6. The van der Waals surface area contributed by atoms with Crippen LogP contribution in [0.25, 0.3) is 16.5 Å². The molecule has 0 aliphatic heterocycles. The first-order valence-electron chi connectivity index (χ1n) is 7.01. The minimum Gasteiger partial charge on any atom is -0.512 e. The molecule has 0 aliphatic rings. The number of non-ortho nitro benzene ring substituents is 1. The van der Waals surface area contributed by atoms with Crippen molar-refractivity contribution in [2.75, 3.05) is 0 Å². The molecule has 7 heteroatoms. The third-order valence-corrected chi connectivity index (χ3v) is 3.61. The molecule has 1 aromatic carbocycles. The van der Waals surface area contributed by atoms with Gasteiger partial charge >= 0.3 is 0 Å². The molecule has 2 rings (SSSR count). The van der Waals surface area contributed by atoms with Gasteiger partial charge in [0, 0.05) is 35.7 Å². The Morgan fingerprint density at radius 1 is 1.30 bits per heavy atom. The van der Waals surface area contributed by atoms with Gasteiger partial charge in [-0.15, -0.1) is 0 Å². The van der Waals surface area contributed by atoms with Gasteiger partial charge in [0.05, 0.1) is 16.0 Å². The highest BCUT2D eigenvalue weighted by Gasteiger charge is 2.19. The van der Waals surface area contributed by atoms with Gasteiger partial charge in [0.15, 0.2) is 5.78 Å². The molecule has 1 aromatic heterocycles. The Morgan fingerprint density at radius 3 is 2.43 bits per heavy atom. The summed E-state index contributed by atoms with van der Waals surface area (Å²) in [6, 6.07) is 5.32. The summed E-state index contributed by atoms with van der Waals surface area (Å²) in [6.45, 7) is 4.76. The molecule has 23 heavy (non-hydrogen) atoms. The molecular weight excluding hydrogens is 300 g/mol. The number of pyridine rings is 1. The van der Waals surface area contributed by atoms with E-state index >= 15 is 0 Å². The highest BCUT2D eigenvalue weighted by molar-refractivity contribution is 6.23. The molecule has 0 unspecified atom stereocenters. The fourth-order valence-corrected chi connectivity index (χ4v) is 2.66. The fourth-order valence-electron chi connectivity index (χ4n) is 2.66. The molecule has 0 atom stereocenters. The van der Waals surface area contributed by atoms with Crippen molar-refractivity contribution in [3.05, 3.63) is 56.1 Å². The lowest BCUT2D eigenvalue weighted by Crippen LogP contribution is -2.20. The lowest BCUT2D eigenvalue weighted by molar-refractivity contribution is -0.384. The van der Waals surface area contributed by atoms with E-state index in [1.807, 2.05) is 0 Å². The molecule has 7 nitrogen and oxygen atoms in total. The van der Waals surface area contributed by atoms with Crippen LogP contribution < -0.4 is 5.56 Å². The first kappa shape index (κ1) is 16.4. The Morgan fingerprint density at radius 2 is 1.96 bits per heavy atom. The van der Waals surface area contributed by atoms with Gasteiger partial charge in [-0.25, -0.2) is 0 Å². The molecule has 0 aliphatic carbocycles. The monoisotopic (exact) mass is 316 g/mol. The Balaban J connectivity index is 3.02. The minimum atomic E-state index is -0.548. The zero-order valence-corrected chi connectivity index (χ0v) is 13.0. The van der Waals surface area contributed by atoms with Crippen molar-refractivity contribution in [3.63, 3.8) is 0 Å². The first-order chi connectivity index (χ1) is 10.8.